The quantitative estimate of drug-likeness (QED) is 0.307. The van der Waals surface area contributed by atoms with Crippen LogP contribution < -0.4 is 15.4 Å². The van der Waals surface area contributed by atoms with Gasteiger partial charge in [-0.1, -0.05) is 0 Å². The summed E-state index contributed by atoms with van der Waals surface area (Å²) in [5, 5.41) is 9.47. The molecule has 1 aliphatic rings. The maximum atomic E-state index is 3.16. The Morgan fingerprint density at radius 1 is 1.38 bits per heavy atom. The van der Waals surface area contributed by atoms with E-state index in [1.807, 2.05) is 0 Å². The van der Waals surface area contributed by atoms with Crippen molar-refractivity contribution in [3.8, 4) is 0 Å². The van der Waals surface area contributed by atoms with Crippen molar-refractivity contribution in [1.29, 1.82) is 0 Å². The van der Waals surface area contributed by atoms with Crippen LogP contribution in [0.2, 0.25) is 0 Å². The van der Waals surface area contributed by atoms with E-state index in [4.69, 9.17) is 0 Å². The number of hydrogen-bond donors (Lipinski definition) is 3. The summed E-state index contributed by atoms with van der Waals surface area (Å²) in [5.74, 6) is 0. The van der Waals surface area contributed by atoms with E-state index in [2.05, 4.69) is 20.2 Å². The molecular formula is H9B3N4Si. The Bertz CT molecular complexity index is 62.3. The van der Waals surface area contributed by atoms with Crippen LogP contribution in [0, 0.1) is 0 Å². The molecule has 1 aliphatic heterocycles. The molecule has 1 fully saturated rings. The van der Waals surface area contributed by atoms with Crippen LogP contribution in [0.1, 0.15) is 0 Å². The largest absolute Gasteiger partial charge is 0.377 e. The first kappa shape index (κ1) is 6.37. The molecule has 0 radical (unpaired) electrons. The summed E-state index contributed by atoms with van der Waals surface area (Å²) in [6, 6.07) is 0. The van der Waals surface area contributed by atoms with Gasteiger partial charge in [0.2, 0.25) is 0 Å². The topological polar surface area (TPSA) is 39.3 Å². The van der Waals surface area contributed by atoms with Crippen LogP contribution in [0.25, 0.3) is 0 Å². The van der Waals surface area contributed by atoms with Gasteiger partial charge in [0, 0.05) is 0 Å². The molecule has 0 spiro atoms. The molecule has 0 unspecified atom stereocenters. The molecule has 4 nitrogen and oxygen atoms in total. The monoisotopic (exact) mass is 126 g/mol. The average molecular weight is 126 g/mol. The lowest BCUT2D eigenvalue weighted by Gasteiger charge is -2.24. The SMILES string of the molecule is [SiH3]NN1BNBNB1. The lowest BCUT2D eigenvalue weighted by Crippen LogP contribution is -2.61. The highest BCUT2D eigenvalue weighted by Crippen LogP contribution is 1.68. The van der Waals surface area contributed by atoms with Crippen molar-refractivity contribution in [2.75, 3.05) is 0 Å². The Hall–Kier alpha value is 0.252. The maximum Gasteiger partial charge on any atom is 0.281 e. The van der Waals surface area contributed by atoms with Crippen LogP contribution >= 0.6 is 0 Å². The van der Waals surface area contributed by atoms with Gasteiger partial charge in [0.05, 0.1) is 10.4 Å². The average Bonchev–Trinajstić information content (AvgIpc) is 1.90. The van der Waals surface area contributed by atoms with Crippen molar-refractivity contribution in [2.24, 2.45) is 0 Å². The van der Waals surface area contributed by atoms with Crippen molar-refractivity contribution in [3.63, 3.8) is 0 Å². The smallest absolute Gasteiger partial charge is 0.281 e. The number of hydrogen-bond acceptors (Lipinski definition) is 4. The summed E-state index contributed by atoms with van der Waals surface area (Å²) in [6.07, 6.45) is 0. The fourth-order valence-corrected chi connectivity index (χ4v) is 1.00. The molecule has 1 saturated heterocycles. The van der Waals surface area contributed by atoms with E-state index in [9.17, 15) is 0 Å². The van der Waals surface area contributed by atoms with E-state index in [0.717, 1.165) is 33.1 Å². The molecule has 0 saturated carbocycles. The first-order chi connectivity index (χ1) is 3.93. The molecule has 0 aromatic heterocycles. The Morgan fingerprint density at radius 3 is 2.38 bits per heavy atom. The highest BCUT2D eigenvalue weighted by molar-refractivity contribution is 6.65. The molecule has 42 valence electrons. The van der Waals surface area contributed by atoms with Crippen molar-refractivity contribution >= 4 is 33.1 Å². The Balaban J connectivity index is 2.13. The summed E-state index contributed by atoms with van der Waals surface area (Å²) >= 11 is 0. The van der Waals surface area contributed by atoms with Crippen molar-refractivity contribution < 1.29 is 0 Å². The first-order valence-corrected chi connectivity index (χ1v) is 3.77. The van der Waals surface area contributed by atoms with E-state index < -0.39 is 0 Å². The second-order valence-electron chi connectivity index (χ2n) is 1.76. The molecule has 8 heteroatoms. The number of hydrazine groups is 1. The normalized spacial score (nSPS) is 21.0. The first-order valence-electron chi connectivity index (χ1n) is 2.77. The zero-order valence-corrected chi connectivity index (χ0v) is 7.07. The summed E-state index contributed by atoms with van der Waals surface area (Å²) in [5.41, 5.74) is 0. The van der Waals surface area contributed by atoms with Crippen molar-refractivity contribution in [3.05, 3.63) is 0 Å². The van der Waals surface area contributed by atoms with Gasteiger partial charge in [-0.2, -0.15) is 0 Å². The minimum atomic E-state index is 0.930. The molecule has 0 bridgehead atoms. The molecule has 0 aromatic rings. The van der Waals surface area contributed by atoms with Crippen LogP contribution in [0.3, 0.4) is 0 Å². The van der Waals surface area contributed by atoms with Crippen LogP contribution in [0.5, 0.6) is 0 Å². The summed E-state index contributed by atoms with van der Waals surface area (Å²) in [6.45, 7) is 0. The lowest BCUT2D eigenvalue weighted by atomic mass is 9.83. The van der Waals surface area contributed by atoms with E-state index >= 15 is 0 Å². The van der Waals surface area contributed by atoms with Crippen LogP contribution in [0.4, 0.5) is 0 Å². The zero-order chi connectivity index (χ0) is 5.82. The van der Waals surface area contributed by atoms with E-state index in [1.54, 1.807) is 0 Å². The highest BCUT2D eigenvalue weighted by atomic mass is 28.2. The zero-order valence-electron chi connectivity index (χ0n) is 5.07. The fourth-order valence-electron chi connectivity index (χ4n) is 0.684. The lowest BCUT2D eigenvalue weighted by molar-refractivity contribution is 0.629. The van der Waals surface area contributed by atoms with Gasteiger partial charge in [0.25, 0.3) is 22.6 Å². The second-order valence-corrected chi connectivity index (χ2v) is 2.20. The van der Waals surface area contributed by atoms with E-state index in [0.29, 0.717) is 0 Å². The molecule has 8 heavy (non-hydrogen) atoms. The Kier molecular flexibility index (Phi) is 2.64. The van der Waals surface area contributed by atoms with Crippen LogP contribution in [-0.2, 0) is 0 Å². The third kappa shape index (κ3) is 1.64. The van der Waals surface area contributed by atoms with Gasteiger partial charge in [-0.05, 0) is 0 Å². The summed E-state index contributed by atoms with van der Waals surface area (Å²) in [4.78, 5) is 2.11. The molecule has 1 rings (SSSR count). The molecule has 0 amide bonds. The predicted molar refractivity (Wildman–Crippen MR) is 42.6 cm³/mol. The molecule has 3 N–H and O–H groups in total. The highest BCUT2D eigenvalue weighted by Gasteiger charge is 2.09. The molecule has 0 aliphatic carbocycles. The Morgan fingerprint density at radius 2 is 2.00 bits per heavy atom. The standard InChI is InChI=1S/B3H9N4Si/c8-6-7-2-4-1-5-3-7/h1-6H,8H3. The van der Waals surface area contributed by atoms with Gasteiger partial charge in [0.15, 0.2) is 0 Å². The second kappa shape index (κ2) is 3.31. The number of rotatable bonds is 1. The van der Waals surface area contributed by atoms with Gasteiger partial charge in [-0.15, -0.1) is 0 Å². The van der Waals surface area contributed by atoms with Gasteiger partial charge in [-0.3, -0.25) is 0 Å². The molecule has 1 heterocycles. The van der Waals surface area contributed by atoms with E-state index in [-0.39, 0.29) is 0 Å². The molecule has 0 aromatic carbocycles. The molecule has 0 atom stereocenters. The van der Waals surface area contributed by atoms with Gasteiger partial charge in [-0.25, -0.2) is 0 Å². The third-order valence-electron chi connectivity index (χ3n) is 1.17. The Labute approximate surface area is 54.1 Å². The van der Waals surface area contributed by atoms with Gasteiger partial charge in [0.1, 0.15) is 0 Å². The predicted octanol–water partition coefficient (Wildman–Crippen LogP) is -4.93. The van der Waals surface area contributed by atoms with E-state index in [1.165, 1.54) is 0 Å². The minimum absolute atomic E-state index is 0.930. The third-order valence-corrected chi connectivity index (χ3v) is 1.80. The molecular weight excluding hydrogens is 117 g/mol. The van der Waals surface area contributed by atoms with Gasteiger partial charge >= 0.3 is 0 Å². The minimum Gasteiger partial charge on any atom is -0.377 e. The maximum absolute atomic E-state index is 3.16. The van der Waals surface area contributed by atoms with Crippen molar-refractivity contribution in [2.45, 2.75) is 0 Å². The van der Waals surface area contributed by atoms with Crippen LogP contribution in [0.15, 0.2) is 0 Å². The summed E-state index contributed by atoms with van der Waals surface area (Å²) < 4.78 is 0. The summed E-state index contributed by atoms with van der Waals surface area (Å²) in [7, 11) is 3.87. The van der Waals surface area contributed by atoms with Crippen molar-refractivity contribution in [1.82, 2.24) is 20.2 Å². The number of nitrogens with zero attached hydrogens (tertiary/aromatic N) is 1. The van der Waals surface area contributed by atoms with Crippen LogP contribution in [-0.4, -0.2) is 37.9 Å². The number of nitrogens with one attached hydrogen (secondary N) is 3. The fraction of sp³-hybridized carbons (Fsp3) is 0. The van der Waals surface area contributed by atoms with Gasteiger partial charge < -0.3 is 20.2 Å².